The molecule has 0 bridgehead atoms. The normalized spacial score (nSPS) is 12.5. The van der Waals surface area contributed by atoms with E-state index in [1.54, 1.807) is 0 Å². The molecule has 5 heteroatoms. The third kappa shape index (κ3) is 2.48. The molecule has 1 unspecified atom stereocenters. The Morgan fingerprint density at radius 1 is 1.69 bits per heavy atom. The number of carboxylic acid groups (broad SMARTS) is 1. The van der Waals surface area contributed by atoms with Crippen molar-refractivity contribution in [1.29, 1.82) is 0 Å². The summed E-state index contributed by atoms with van der Waals surface area (Å²) < 4.78 is 12.8. The Balaban J connectivity index is 2.74. The molecule has 0 aliphatic carbocycles. The van der Waals surface area contributed by atoms with Crippen LogP contribution in [0.15, 0.2) is 18.3 Å². The van der Waals surface area contributed by atoms with Crippen molar-refractivity contribution in [3.63, 3.8) is 0 Å². The van der Waals surface area contributed by atoms with Crippen molar-refractivity contribution in [3.05, 3.63) is 29.8 Å². The summed E-state index contributed by atoms with van der Waals surface area (Å²) in [4.78, 5) is 13.8. The van der Waals surface area contributed by atoms with Gasteiger partial charge in [0.15, 0.2) is 6.10 Å². The second-order valence-corrected chi connectivity index (χ2v) is 2.49. The van der Waals surface area contributed by atoms with Crippen LogP contribution in [0.2, 0.25) is 0 Å². The minimum Gasteiger partial charge on any atom is -0.479 e. The van der Waals surface area contributed by atoms with Gasteiger partial charge < -0.3 is 10.2 Å². The fourth-order valence-electron chi connectivity index (χ4n) is 0.839. The minimum atomic E-state index is -1.61. The Bertz CT molecular complexity index is 316. The van der Waals surface area contributed by atoms with E-state index < -0.39 is 17.9 Å². The number of carbonyl (C=O) groups is 1. The monoisotopic (exact) mass is 185 g/mol. The van der Waals surface area contributed by atoms with Crippen molar-refractivity contribution in [2.24, 2.45) is 0 Å². The Morgan fingerprint density at radius 3 is 2.92 bits per heavy atom. The Labute approximate surface area is 73.7 Å². The van der Waals surface area contributed by atoms with Crippen LogP contribution < -0.4 is 0 Å². The lowest BCUT2D eigenvalue weighted by atomic mass is 10.2. The van der Waals surface area contributed by atoms with Gasteiger partial charge in [0, 0.05) is 12.6 Å². The summed E-state index contributed by atoms with van der Waals surface area (Å²) in [6.45, 7) is 0. The number of pyridine rings is 1. The van der Waals surface area contributed by atoms with E-state index in [2.05, 4.69) is 4.98 Å². The highest BCUT2D eigenvalue weighted by Gasteiger charge is 2.16. The molecular formula is C8H8FNO3. The van der Waals surface area contributed by atoms with Crippen LogP contribution in [0.25, 0.3) is 0 Å². The highest BCUT2D eigenvalue weighted by atomic mass is 19.1. The molecule has 1 aromatic rings. The van der Waals surface area contributed by atoms with Crippen molar-refractivity contribution in [2.45, 2.75) is 12.5 Å². The van der Waals surface area contributed by atoms with Gasteiger partial charge in [0.25, 0.3) is 0 Å². The number of aliphatic hydroxyl groups is 1. The predicted molar refractivity (Wildman–Crippen MR) is 41.5 cm³/mol. The average Bonchev–Trinajstić information content (AvgIpc) is 2.08. The second kappa shape index (κ2) is 3.95. The molecule has 0 aromatic carbocycles. The molecule has 0 aliphatic rings. The molecule has 13 heavy (non-hydrogen) atoms. The van der Waals surface area contributed by atoms with Gasteiger partial charge in [0.1, 0.15) is 5.82 Å². The Hall–Kier alpha value is -1.49. The summed E-state index contributed by atoms with van der Waals surface area (Å²) in [5.41, 5.74) is -0.0441. The zero-order valence-electron chi connectivity index (χ0n) is 6.64. The molecule has 0 saturated carbocycles. The predicted octanol–water partition coefficient (Wildman–Crippen LogP) is 0.209. The number of nitrogens with zero attached hydrogens (tertiary/aromatic N) is 1. The highest BCUT2D eigenvalue weighted by Crippen LogP contribution is 2.05. The van der Waals surface area contributed by atoms with E-state index in [1.165, 1.54) is 12.3 Å². The molecule has 0 spiro atoms. The van der Waals surface area contributed by atoms with Crippen LogP contribution in [0.4, 0.5) is 4.39 Å². The first-order chi connectivity index (χ1) is 6.11. The minimum absolute atomic E-state index is 0.0441. The first kappa shape index (κ1) is 9.60. The lowest BCUT2D eigenvalue weighted by Gasteiger charge is -2.04. The second-order valence-electron chi connectivity index (χ2n) is 2.49. The molecule has 0 radical (unpaired) electrons. The smallest absolute Gasteiger partial charge is 0.332 e. The van der Waals surface area contributed by atoms with E-state index in [9.17, 15) is 9.18 Å². The van der Waals surface area contributed by atoms with Crippen molar-refractivity contribution in [2.75, 3.05) is 0 Å². The first-order valence-corrected chi connectivity index (χ1v) is 3.61. The van der Waals surface area contributed by atoms with Crippen LogP contribution in [-0.2, 0) is 11.2 Å². The molecule has 1 atom stereocenters. The number of hydrogen-bond acceptors (Lipinski definition) is 3. The molecule has 1 aromatic heterocycles. The van der Waals surface area contributed by atoms with Gasteiger partial charge in [0.2, 0.25) is 0 Å². The number of halogens is 1. The van der Waals surface area contributed by atoms with Crippen LogP contribution in [-0.4, -0.2) is 27.3 Å². The Morgan fingerprint density at radius 2 is 2.38 bits per heavy atom. The van der Waals surface area contributed by atoms with Gasteiger partial charge in [-0.15, -0.1) is 0 Å². The Kier molecular flexibility index (Phi) is 2.92. The fourth-order valence-corrected chi connectivity index (χ4v) is 0.839. The lowest BCUT2D eigenvalue weighted by Crippen LogP contribution is -2.23. The van der Waals surface area contributed by atoms with Gasteiger partial charge >= 0.3 is 5.97 Å². The van der Waals surface area contributed by atoms with E-state index in [-0.39, 0.29) is 12.1 Å². The fraction of sp³-hybridized carbons (Fsp3) is 0.250. The van der Waals surface area contributed by atoms with E-state index in [1.807, 2.05) is 0 Å². The van der Waals surface area contributed by atoms with Crippen molar-refractivity contribution in [1.82, 2.24) is 4.98 Å². The molecule has 0 saturated heterocycles. The van der Waals surface area contributed by atoms with E-state index in [0.29, 0.717) is 0 Å². The van der Waals surface area contributed by atoms with E-state index >= 15 is 0 Å². The SMILES string of the molecule is O=C(O)C(O)Cc1ncccc1F. The summed E-state index contributed by atoms with van der Waals surface area (Å²) in [5.74, 6) is -1.99. The van der Waals surface area contributed by atoms with Crippen molar-refractivity contribution >= 4 is 5.97 Å². The summed E-state index contributed by atoms with van der Waals surface area (Å²) in [7, 11) is 0. The maximum Gasteiger partial charge on any atom is 0.332 e. The summed E-state index contributed by atoms with van der Waals surface area (Å²) in [6, 6.07) is 2.56. The van der Waals surface area contributed by atoms with Crippen LogP contribution in [0.5, 0.6) is 0 Å². The molecule has 0 amide bonds. The maximum atomic E-state index is 12.8. The first-order valence-electron chi connectivity index (χ1n) is 3.61. The van der Waals surface area contributed by atoms with Gasteiger partial charge in [-0.2, -0.15) is 0 Å². The van der Waals surface area contributed by atoms with Gasteiger partial charge in [-0.25, -0.2) is 9.18 Å². The molecule has 2 N–H and O–H groups in total. The van der Waals surface area contributed by atoms with Gasteiger partial charge in [-0.1, -0.05) is 0 Å². The third-order valence-corrected chi connectivity index (χ3v) is 1.51. The van der Waals surface area contributed by atoms with E-state index in [4.69, 9.17) is 10.2 Å². The average molecular weight is 185 g/mol. The number of rotatable bonds is 3. The van der Waals surface area contributed by atoms with Crippen LogP contribution in [0, 0.1) is 5.82 Å². The van der Waals surface area contributed by atoms with Crippen molar-refractivity contribution < 1.29 is 19.4 Å². The molecule has 70 valence electrons. The van der Waals surface area contributed by atoms with Crippen LogP contribution >= 0.6 is 0 Å². The summed E-state index contributed by atoms with van der Waals surface area (Å²) in [5, 5.41) is 17.2. The number of aliphatic carboxylic acids is 1. The van der Waals surface area contributed by atoms with Gasteiger partial charge in [-0.05, 0) is 12.1 Å². The summed E-state index contributed by atoms with van der Waals surface area (Å²) in [6.07, 6.45) is -0.584. The van der Waals surface area contributed by atoms with Crippen LogP contribution in [0.1, 0.15) is 5.69 Å². The zero-order chi connectivity index (χ0) is 9.84. The molecule has 1 rings (SSSR count). The molecular weight excluding hydrogens is 177 g/mol. The number of aliphatic hydroxyl groups excluding tert-OH is 1. The molecule has 0 aliphatic heterocycles. The number of aromatic nitrogens is 1. The van der Waals surface area contributed by atoms with Gasteiger partial charge in [0.05, 0.1) is 5.69 Å². The van der Waals surface area contributed by atoms with Gasteiger partial charge in [-0.3, -0.25) is 4.98 Å². The third-order valence-electron chi connectivity index (χ3n) is 1.51. The van der Waals surface area contributed by atoms with Crippen molar-refractivity contribution in [3.8, 4) is 0 Å². The zero-order valence-corrected chi connectivity index (χ0v) is 6.64. The standard InChI is InChI=1S/C8H8FNO3/c9-5-2-1-3-10-6(5)4-7(11)8(12)13/h1-3,7,11H,4H2,(H,12,13). The van der Waals surface area contributed by atoms with Crippen LogP contribution in [0.3, 0.4) is 0 Å². The largest absolute Gasteiger partial charge is 0.479 e. The number of hydrogen-bond donors (Lipinski definition) is 2. The molecule has 4 nitrogen and oxygen atoms in total. The highest BCUT2D eigenvalue weighted by molar-refractivity contribution is 5.72. The topological polar surface area (TPSA) is 70.4 Å². The quantitative estimate of drug-likeness (QED) is 0.706. The molecule has 1 heterocycles. The maximum absolute atomic E-state index is 12.8. The number of carboxylic acids is 1. The lowest BCUT2D eigenvalue weighted by molar-refractivity contribution is -0.146. The summed E-state index contributed by atoms with van der Waals surface area (Å²) >= 11 is 0. The molecule has 0 fully saturated rings. The van der Waals surface area contributed by atoms with E-state index in [0.717, 1.165) is 6.07 Å².